The third kappa shape index (κ3) is 2.82. The van der Waals surface area contributed by atoms with Gasteiger partial charge in [-0.3, -0.25) is 9.59 Å². The maximum atomic E-state index is 12.7. The third-order valence-corrected chi connectivity index (χ3v) is 4.62. The molecule has 0 spiro atoms. The molecular formula is C15H27N3O2. The summed E-state index contributed by atoms with van der Waals surface area (Å²) in [5.74, 6) is 0.134. The van der Waals surface area contributed by atoms with Crippen molar-refractivity contribution in [1.29, 1.82) is 0 Å². The van der Waals surface area contributed by atoms with Gasteiger partial charge in [0, 0.05) is 12.6 Å². The number of piperidine rings is 1. The summed E-state index contributed by atoms with van der Waals surface area (Å²) in [6, 6.07) is -0.421. The monoisotopic (exact) mass is 281 g/mol. The molecule has 1 N–H and O–H groups in total. The molecule has 2 saturated heterocycles. The molecule has 0 bridgehead atoms. The van der Waals surface area contributed by atoms with Crippen molar-refractivity contribution in [2.24, 2.45) is 0 Å². The Kier molecular flexibility index (Phi) is 5.02. The molecule has 2 aliphatic heterocycles. The highest BCUT2D eigenvalue weighted by molar-refractivity contribution is 5.97. The zero-order valence-electron chi connectivity index (χ0n) is 12.9. The van der Waals surface area contributed by atoms with Gasteiger partial charge < -0.3 is 15.1 Å². The number of carbonyl (C=O) groups is 2. The molecule has 3 atom stereocenters. The van der Waals surface area contributed by atoms with Crippen molar-refractivity contribution in [3.63, 3.8) is 0 Å². The number of amides is 2. The Morgan fingerprint density at radius 1 is 1.20 bits per heavy atom. The van der Waals surface area contributed by atoms with E-state index in [-0.39, 0.29) is 29.9 Å². The van der Waals surface area contributed by atoms with Crippen LogP contribution in [-0.2, 0) is 9.59 Å². The zero-order valence-corrected chi connectivity index (χ0v) is 12.9. The van der Waals surface area contributed by atoms with E-state index in [2.05, 4.69) is 17.1 Å². The Labute approximate surface area is 121 Å². The van der Waals surface area contributed by atoms with E-state index < -0.39 is 0 Å². The smallest absolute Gasteiger partial charge is 0.246 e. The van der Waals surface area contributed by atoms with E-state index in [0.717, 1.165) is 32.5 Å². The number of likely N-dealkylation sites (tertiary alicyclic amines) is 1. The van der Waals surface area contributed by atoms with Crippen LogP contribution >= 0.6 is 0 Å². The fourth-order valence-electron chi connectivity index (χ4n) is 3.43. The molecule has 20 heavy (non-hydrogen) atoms. The quantitative estimate of drug-likeness (QED) is 0.836. The second kappa shape index (κ2) is 6.57. The van der Waals surface area contributed by atoms with Crippen LogP contribution in [0.5, 0.6) is 0 Å². The van der Waals surface area contributed by atoms with Crippen LogP contribution in [0.2, 0.25) is 0 Å². The van der Waals surface area contributed by atoms with Gasteiger partial charge in [-0.1, -0.05) is 20.8 Å². The maximum absolute atomic E-state index is 12.7. The minimum Gasteiger partial charge on any atom is -0.343 e. The van der Waals surface area contributed by atoms with Crippen LogP contribution < -0.4 is 5.32 Å². The van der Waals surface area contributed by atoms with Gasteiger partial charge in [-0.15, -0.1) is 0 Å². The SMILES string of the molecule is CCC1NC(=O)C(CC)N(C2CCCN(CC)C2)C1=O. The number of nitrogens with zero attached hydrogens (tertiary/aromatic N) is 2. The third-order valence-electron chi connectivity index (χ3n) is 4.62. The minimum absolute atomic E-state index is 0.0209. The summed E-state index contributed by atoms with van der Waals surface area (Å²) in [6.45, 7) is 9.11. The molecule has 2 amide bonds. The molecule has 2 rings (SSSR count). The Hall–Kier alpha value is -1.10. The van der Waals surface area contributed by atoms with Crippen LogP contribution in [0.15, 0.2) is 0 Å². The molecule has 5 heteroatoms. The molecule has 3 unspecified atom stereocenters. The van der Waals surface area contributed by atoms with Gasteiger partial charge in [-0.2, -0.15) is 0 Å². The molecule has 0 radical (unpaired) electrons. The minimum atomic E-state index is -0.331. The first kappa shape index (κ1) is 15.3. The fraction of sp³-hybridized carbons (Fsp3) is 0.867. The highest BCUT2D eigenvalue weighted by Crippen LogP contribution is 2.23. The van der Waals surface area contributed by atoms with Gasteiger partial charge in [0.25, 0.3) is 0 Å². The predicted molar refractivity (Wildman–Crippen MR) is 78.3 cm³/mol. The second-order valence-corrected chi connectivity index (χ2v) is 5.83. The summed E-state index contributed by atoms with van der Waals surface area (Å²) in [6.07, 6.45) is 3.48. The lowest BCUT2D eigenvalue weighted by Crippen LogP contribution is -2.67. The fourth-order valence-corrected chi connectivity index (χ4v) is 3.43. The number of hydrogen-bond donors (Lipinski definition) is 1. The molecular weight excluding hydrogens is 254 g/mol. The lowest BCUT2D eigenvalue weighted by Gasteiger charge is -2.46. The largest absolute Gasteiger partial charge is 0.343 e. The Morgan fingerprint density at radius 2 is 1.95 bits per heavy atom. The lowest BCUT2D eigenvalue weighted by molar-refractivity contribution is -0.153. The summed E-state index contributed by atoms with van der Waals surface area (Å²) in [5.41, 5.74) is 0. The van der Waals surface area contributed by atoms with E-state index in [9.17, 15) is 9.59 Å². The van der Waals surface area contributed by atoms with E-state index in [4.69, 9.17) is 0 Å². The first-order valence-electron chi connectivity index (χ1n) is 7.97. The summed E-state index contributed by atoms with van der Waals surface area (Å²) in [5, 5.41) is 2.87. The molecule has 0 aromatic rings. The van der Waals surface area contributed by atoms with E-state index in [1.807, 2.05) is 18.7 Å². The van der Waals surface area contributed by atoms with E-state index in [0.29, 0.717) is 12.8 Å². The van der Waals surface area contributed by atoms with Gasteiger partial charge in [-0.05, 0) is 38.8 Å². The van der Waals surface area contributed by atoms with Crippen molar-refractivity contribution in [3.8, 4) is 0 Å². The highest BCUT2D eigenvalue weighted by atomic mass is 16.2. The van der Waals surface area contributed by atoms with Crippen LogP contribution in [0.25, 0.3) is 0 Å². The number of rotatable bonds is 4. The average molecular weight is 281 g/mol. The first-order chi connectivity index (χ1) is 9.62. The Morgan fingerprint density at radius 3 is 2.55 bits per heavy atom. The van der Waals surface area contributed by atoms with Gasteiger partial charge in [0.1, 0.15) is 12.1 Å². The van der Waals surface area contributed by atoms with Crippen LogP contribution in [-0.4, -0.2) is 59.4 Å². The zero-order chi connectivity index (χ0) is 14.7. The van der Waals surface area contributed by atoms with E-state index in [1.54, 1.807) is 0 Å². The topological polar surface area (TPSA) is 52.7 Å². The van der Waals surface area contributed by atoms with Crippen LogP contribution in [0.1, 0.15) is 46.5 Å². The van der Waals surface area contributed by atoms with E-state index >= 15 is 0 Å². The van der Waals surface area contributed by atoms with E-state index in [1.165, 1.54) is 0 Å². The lowest BCUT2D eigenvalue weighted by atomic mass is 9.96. The van der Waals surface area contributed by atoms with Crippen LogP contribution in [0.3, 0.4) is 0 Å². The van der Waals surface area contributed by atoms with Crippen LogP contribution in [0, 0.1) is 0 Å². The van der Waals surface area contributed by atoms with Gasteiger partial charge >= 0.3 is 0 Å². The van der Waals surface area contributed by atoms with Crippen molar-refractivity contribution < 1.29 is 9.59 Å². The highest BCUT2D eigenvalue weighted by Gasteiger charge is 2.42. The standard InChI is InChI=1S/C15H27N3O2/c1-4-12-15(20)18(13(5-2)14(19)16-12)11-8-7-9-17(6-3)10-11/h11-13H,4-10H2,1-3H3,(H,16,19). The number of hydrogen-bond acceptors (Lipinski definition) is 3. The molecule has 2 heterocycles. The molecule has 114 valence electrons. The van der Waals surface area contributed by atoms with Gasteiger partial charge in [0.15, 0.2) is 0 Å². The molecule has 0 aliphatic carbocycles. The normalized spacial score (nSPS) is 32.4. The van der Waals surface area contributed by atoms with Gasteiger partial charge in [-0.25, -0.2) is 0 Å². The van der Waals surface area contributed by atoms with Crippen molar-refractivity contribution in [1.82, 2.24) is 15.1 Å². The van der Waals surface area contributed by atoms with Crippen molar-refractivity contribution in [2.75, 3.05) is 19.6 Å². The van der Waals surface area contributed by atoms with Crippen molar-refractivity contribution in [2.45, 2.75) is 64.6 Å². The summed E-state index contributed by atoms with van der Waals surface area (Å²) >= 11 is 0. The number of carbonyl (C=O) groups excluding carboxylic acids is 2. The summed E-state index contributed by atoms with van der Waals surface area (Å²) < 4.78 is 0. The summed E-state index contributed by atoms with van der Waals surface area (Å²) in [7, 11) is 0. The first-order valence-corrected chi connectivity index (χ1v) is 7.97. The Balaban J connectivity index is 2.19. The molecule has 0 aromatic heterocycles. The molecule has 0 aromatic carbocycles. The van der Waals surface area contributed by atoms with Crippen molar-refractivity contribution in [3.05, 3.63) is 0 Å². The van der Waals surface area contributed by atoms with Crippen LogP contribution in [0.4, 0.5) is 0 Å². The molecule has 2 aliphatic rings. The van der Waals surface area contributed by atoms with Gasteiger partial charge in [0.2, 0.25) is 11.8 Å². The van der Waals surface area contributed by atoms with Crippen molar-refractivity contribution >= 4 is 11.8 Å². The number of likely N-dealkylation sites (N-methyl/N-ethyl adjacent to an activating group) is 1. The molecule has 2 fully saturated rings. The average Bonchev–Trinajstić information content (AvgIpc) is 2.48. The number of piperazine rings is 1. The predicted octanol–water partition coefficient (Wildman–Crippen LogP) is 0.986. The molecule has 0 saturated carbocycles. The Bertz CT molecular complexity index is 372. The van der Waals surface area contributed by atoms with Gasteiger partial charge in [0.05, 0.1) is 0 Å². The summed E-state index contributed by atoms with van der Waals surface area (Å²) in [4.78, 5) is 29.2. The molecule has 5 nitrogen and oxygen atoms in total. The maximum Gasteiger partial charge on any atom is 0.246 e. The second-order valence-electron chi connectivity index (χ2n) is 5.83. The number of nitrogens with one attached hydrogen (secondary N) is 1.